The molecule has 2 aliphatic carbocycles. The Balaban J connectivity index is 1.08. The van der Waals surface area contributed by atoms with Gasteiger partial charge in [-0.2, -0.15) is 0 Å². The van der Waals surface area contributed by atoms with Crippen LogP contribution in [0.1, 0.15) is 49.9 Å². The minimum Gasteiger partial charge on any atom is -0.310 e. The van der Waals surface area contributed by atoms with E-state index in [-0.39, 0.29) is 10.8 Å². The van der Waals surface area contributed by atoms with Gasteiger partial charge in [0.05, 0.1) is 0 Å². The van der Waals surface area contributed by atoms with Crippen LogP contribution in [-0.2, 0) is 10.8 Å². The summed E-state index contributed by atoms with van der Waals surface area (Å²) in [7, 11) is 0. The van der Waals surface area contributed by atoms with Crippen molar-refractivity contribution < 1.29 is 0 Å². The zero-order chi connectivity index (χ0) is 37.1. The van der Waals surface area contributed by atoms with Gasteiger partial charge in [-0.1, -0.05) is 167 Å². The summed E-state index contributed by atoms with van der Waals surface area (Å²) >= 11 is 0. The molecule has 0 aromatic heterocycles. The zero-order valence-electron chi connectivity index (χ0n) is 31.7. The van der Waals surface area contributed by atoms with Crippen molar-refractivity contribution in [2.75, 3.05) is 4.90 Å². The highest BCUT2D eigenvalue weighted by molar-refractivity contribution is 6.05. The standard InChI is InChI=1S/C54H41N/c1-53(2)48-31-22-36-14-8-10-16-42(36)50(48)47-30-26-41(33-49(47)53)55(39-23-18-35(19-24-39)34-12-6-5-7-13-34)40-25-29-44-38(32-40)21-28-46-45-27-20-37-15-9-11-17-43(37)51(45)54(3,4)52(44)46/h5-33H,1-4H3. The number of hydrogen-bond donors (Lipinski definition) is 0. The Hall–Kier alpha value is -6.44. The second kappa shape index (κ2) is 11.5. The summed E-state index contributed by atoms with van der Waals surface area (Å²) < 4.78 is 0. The van der Waals surface area contributed by atoms with Gasteiger partial charge in [0.25, 0.3) is 0 Å². The molecule has 0 unspecified atom stereocenters. The van der Waals surface area contributed by atoms with Gasteiger partial charge in [-0.05, 0) is 124 Å². The molecule has 0 saturated carbocycles. The average Bonchev–Trinajstić information content (AvgIpc) is 3.61. The van der Waals surface area contributed by atoms with E-state index in [0.717, 1.165) is 17.1 Å². The van der Waals surface area contributed by atoms with Crippen molar-refractivity contribution in [1.29, 1.82) is 0 Å². The zero-order valence-corrected chi connectivity index (χ0v) is 31.7. The fourth-order valence-corrected chi connectivity index (χ4v) is 10.2. The number of nitrogens with zero attached hydrogens (tertiary/aromatic N) is 1. The third-order valence-electron chi connectivity index (χ3n) is 12.8. The summed E-state index contributed by atoms with van der Waals surface area (Å²) in [6, 6.07) is 65.6. The van der Waals surface area contributed by atoms with Gasteiger partial charge >= 0.3 is 0 Å². The molecule has 9 aromatic rings. The minimum absolute atomic E-state index is 0.135. The van der Waals surface area contributed by atoms with Crippen molar-refractivity contribution in [1.82, 2.24) is 0 Å². The van der Waals surface area contributed by atoms with Crippen LogP contribution in [0.4, 0.5) is 17.1 Å². The molecule has 2 aliphatic rings. The average molecular weight is 704 g/mol. The molecule has 0 spiro atoms. The third-order valence-corrected chi connectivity index (χ3v) is 12.8. The summed E-state index contributed by atoms with van der Waals surface area (Å²) in [6.07, 6.45) is 0. The monoisotopic (exact) mass is 703 g/mol. The highest BCUT2D eigenvalue weighted by Gasteiger charge is 2.39. The molecule has 0 radical (unpaired) electrons. The molecule has 9 aromatic carbocycles. The SMILES string of the molecule is CC1(C)c2cc(N(c3ccc(-c4ccccc4)cc3)c3ccc4c5c(ccc4c3)-c3ccc4ccccc4c3C5(C)C)ccc2-c2c1ccc1ccccc21. The fraction of sp³-hybridized carbons (Fsp3) is 0.111. The molecule has 1 heteroatoms. The normalized spacial score (nSPS) is 14.5. The van der Waals surface area contributed by atoms with Crippen LogP contribution in [0.25, 0.3) is 65.7 Å². The van der Waals surface area contributed by atoms with Crippen molar-refractivity contribution >= 4 is 49.4 Å². The maximum absolute atomic E-state index is 2.45. The molecule has 0 bridgehead atoms. The lowest BCUT2D eigenvalue weighted by atomic mass is 9.78. The first-order valence-electron chi connectivity index (χ1n) is 19.5. The fourth-order valence-electron chi connectivity index (χ4n) is 10.2. The molecular formula is C54H41N. The van der Waals surface area contributed by atoms with Crippen molar-refractivity contribution in [3.05, 3.63) is 198 Å². The molecule has 0 aliphatic heterocycles. The second-order valence-corrected chi connectivity index (χ2v) is 16.5. The van der Waals surface area contributed by atoms with E-state index in [1.54, 1.807) is 0 Å². The van der Waals surface area contributed by atoms with Crippen LogP contribution in [0.15, 0.2) is 176 Å². The summed E-state index contributed by atoms with van der Waals surface area (Å²) in [4.78, 5) is 2.45. The van der Waals surface area contributed by atoms with Gasteiger partial charge in [-0.25, -0.2) is 0 Å². The molecule has 0 fully saturated rings. The Kier molecular flexibility index (Phi) is 6.72. The molecule has 0 saturated heterocycles. The summed E-state index contributed by atoms with van der Waals surface area (Å²) in [5, 5.41) is 7.85. The molecule has 11 rings (SSSR count). The van der Waals surface area contributed by atoms with Crippen LogP contribution in [0.3, 0.4) is 0 Å². The molecular weight excluding hydrogens is 663 g/mol. The first-order valence-corrected chi connectivity index (χ1v) is 19.5. The van der Waals surface area contributed by atoms with Gasteiger partial charge in [-0.15, -0.1) is 0 Å². The van der Waals surface area contributed by atoms with E-state index in [9.17, 15) is 0 Å². The van der Waals surface area contributed by atoms with Crippen molar-refractivity contribution in [2.45, 2.75) is 38.5 Å². The maximum Gasteiger partial charge on any atom is 0.0468 e. The van der Waals surface area contributed by atoms with Crippen LogP contribution in [0.2, 0.25) is 0 Å². The Bertz CT molecular complexity index is 3020. The van der Waals surface area contributed by atoms with Crippen molar-refractivity contribution in [3.8, 4) is 33.4 Å². The van der Waals surface area contributed by atoms with Gasteiger partial charge in [0, 0.05) is 27.9 Å². The Labute approximate surface area is 323 Å². The van der Waals surface area contributed by atoms with E-state index >= 15 is 0 Å². The van der Waals surface area contributed by atoms with Crippen LogP contribution in [0, 0.1) is 0 Å². The van der Waals surface area contributed by atoms with Gasteiger partial charge in [0.2, 0.25) is 0 Å². The van der Waals surface area contributed by atoms with Crippen LogP contribution in [0.5, 0.6) is 0 Å². The number of anilines is 3. The van der Waals surface area contributed by atoms with Gasteiger partial charge in [0.1, 0.15) is 0 Å². The van der Waals surface area contributed by atoms with E-state index in [4.69, 9.17) is 0 Å². The third kappa shape index (κ3) is 4.60. The molecule has 1 nitrogen and oxygen atoms in total. The molecule has 262 valence electrons. The minimum atomic E-state index is -0.137. The lowest BCUT2D eigenvalue weighted by Crippen LogP contribution is -2.17. The Morgan fingerprint density at radius 1 is 0.345 bits per heavy atom. The molecule has 0 amide bonds. The molecule has 0 heterocycles. The van der Waals surface area contributed by atoms with E-state index < -0.39 is 0 Å². The summed E-state index contributed by atoms with van der Waals surface area (Å²) in [5.41, 5.74) is 16.7. The predicted molar refractivity (Wildman–Crippen MR) is 234 cm³/mol. The smallest absolute Gasteiger partial charge is 0.0468 e. The first-order chi connectivity index (χ1) is 26.8. The van der Waals surface area contributed by atoms with Crippen LogP contribution < -0.4 is 4.90 Å². The lowest BCUT2D eigenvalue weighted by molar-refractivity contribution is 0.661. The number of hydrogen-bond acceptors (Lipinski definition) is 1. The predicted octanol–water partition coefficient (Wildman–Crippen LogP) is 14.9. The lowest BCUT2D eigenvalue weighted by Gasteiger charge is -2.29. The quantitative estimate of drug-likeness (QED) is 0.176. The largest absolute Gasteiger partial charge is 0.310 e. The highest BCUT2D eigenvalue weighted by atomic mass is 15.1. The first kappa shape index (κ1) is 32.0. The number of benzene rings is 9. The van der Waals surface area contributed by atoms with Crippen LogP contribution in [-0.4, -0.2) is 0 Å². The highest BCUT2D eigenvalue weighted by Crippen LogP contribution is 2.55. The van der Waals surface area contributed by atoms with E-state index in [1.165, 1.54) is 88.0 Å². The molecule has 0 atom stereocenters. The summed E-state index contributed by atoms with van der Waals surface area (Å²) in [6.45, 7) is 9.58. The van der Waals surface area contributed by atoms with Crippen molar-refractivity contribution in [3.63, 3.8) is 0 Å². The topological polar surface area (TPSA) is 3.24 Å². The Morgan fingerprint density at radius 3 is 1.62 bits per heavy atom. The summed E-state index contributed by atoms with van der Waals surface area (Å²) in [5.74, 6) is 0. The van der Waals surface area contributed by atoms with E-state index in [0.29, 0.717) is 0 Å². The van der Waals surface area contributed by atoms with Crippen LogP contribution >= 0.6 is 0 Å². The van der Waals surface area contributed by atoms with Gasteiger partial charge in [-0.3, -0.25) is 0 Å². The maximum atomic E-state index is 2.45. The van der Waals surface area contributed by atoms with E-state index in [1.807, 2.05) is 0 Å². The van der Waals surface area contributed by atoms with Gasteiger partial charge < -0.3 is 4.90 Å². The number of rotatable bonds is 4. The van der Waals surface area contributed by atoms with E-state index in [2.05, 4.69) is 209 Å². The Morgan fingerprint density at radius 2 is 0.873 bits per heavy atom. The molecule has 55 heavy (non-hydrogen) atoms. The van der Waals surface area contributed by atoms with Gasteiger partial charge in [0.15, 0.2) is 0 Å². The second-order valence-electron chi connectivity index (χ2n) is 16.5. The molecule has 0 N–H and O–H groups in total. The van der Waals surface area contributed by atoms with Crippen molar-refractivity contribution in [2.24, 2.45) is 0 Å². The number of fused-ring (bicyclic) bond motifs is 12.